The van der Waals surface area contributed by atoms with Gasteiger partial charge in [0.25, 0.3) is 0 Å². The van der Waals surface area contributed by atoms with Crippen molar-refractivity contribution in [2.24, 2.45) is 0 Å². The normalized spacial score (nSPS) is 18.2. The Balaban J connectivity index is 1.72. The fourth-order valence-electron chi connectivity index (χ4n) is 2.71. The summed E-state index contributed by atoms with van der Waals surface area (Å²) in [5, 5.41) is 0. The lowest BCUT2D eigenvalue weighted by Gasteiger charge is -2.23. The predicted octanol–water partition coefficient (Wildman–Crippen LogP) is 2.72. The van der Waals surface area contributed by atoms with Crippen molar-refractivity contribution in [3.05, 3.63) is 54.4 Å². The first-order valence-electron chi connectivity index (χ1n) is 6.96. The fraction of sp³-hybridized carbons (Fsp3) is 0.312. The second-order valence-corrected chi connectivity index (χ2v) is 5.03. The largest absolute Gasteiger partial charge is 0.337 e. The zero-order valence-electron chi connectivity index (χ0n) is 11.3. The molecule has 1 atom stereocenters. The molecule has 1 fully saturated rings. The molecule has 0 aliphatic carbocycles. The highest BCUT2D eigenvalue weighted by Gasteiger charge is 2.28. The minimum Gasteiger partial charge on any atom is -0.337 e. The zero-order valence-corrected chi connectivity index (χ0v) is 11.3. The Labute approximate surface area is 118 Å². The van der Waals surface area contributed by atoms with Gasteiger partial charge in [0.1, 0.15) is 0 Å². The Morgan fingerprint density at radius 3 is 2.65 bits per heavy atom. The van der Waals surface area contributed by atoms with E-state index >= 15 is 0 Å². The van der Waals surface area contributed by atoms with Crippen LogP contribution in [0.1, 0.15) is 29.6 Å². The van der Waals surface area contributed by atoms with Crippen molar-refractivity contribution in [1.29, 1.82) is 0 Å². The summed E-state index contributed by atoms with van der Waals surface area (Å²) >= 11 is 0. The Morgan fingerprint density at radius 2 is 1.90 bits per heavy atom. The lowest BCUT2D eigenvalue weighted by molar-refractivity contribution is 0.0974. The van der Waals surface area contributed by atoms with E-state index in [-0.39, 0.29) is 11.8 Å². The molecule has 1 saturated heterocycles. The molecule has 102 valence electrons. The number of nitrogens with zero attached hydrogens (tertiary/aromatic N) is 3. The van der Waals surface area contributed by atoms with E-state index in [0.29, 0.717) is 6.42 Å². The van der Waals surface area contributed by atoms with Gasteiger partial charge in [0.05, 0.1) is 0 Å². The number of benzene rings is 1. The van der Waals surface area contributed by atoms with E-state index in [0.717, 1.165) is 30.9 Å². The molecule has 4 heteroatoms. The van der Waals surface area contributed by atoms with Crippen LogP contribution in [-0.2, 0) is 0 Å². The van der Waals surface area contributed by atoms with Gasteiger partial charge in [-0.1, -0.05) is 30.3 Å². The molecule has 0 bridgehead atoms. The number of aromatic nitrogens is 2. The van der Waals surface area contributed by atoms with Crippen molar-refractivity contribution in [2.75, 3.05) is 11.4 Å². The van der Waals surface area contributed by atoms with Crippen LogP contribution in [0, 0.1) is 0 Å². The molecule has 1 aliphatic heterocycles. The van der Waals surface area contributed by atoms with Gasteiger partial charge in [-0.05, 0) is 18.9 Å². The van der Waals surface area contributed by atoms with Crippen LogP contribution in [-0.4, -0.2) is 28.3 Å². The van der Waals surface area contributed by atoms with E-state index in [2.05, 4.69) is 14.9 Å². The van der Waals surface area contributed by atoms with E-state index in [1.165, 1.54) is 0 Å². The third kappa shape index (κ3) is 2.69. The molecule has 2 aromatic rings. The fourth-order valence-corrected chi connectivity index (χ4v) is 2.71. The van der Waals surface area contributed by atoms with Crippen molar-refractivity contribution in [1.82, 2.24) is 9.97 Å². The average Bonchev–Trinajstić information content (AvgIpc) is 2.97. The minimum absolute atomic E-state index is 0.193. The van der Waals surface area contributed by atoms with Gasteiger partial charge in [0.15, 0.2) is 5.78 Å². The third-order valence-electron chi connectivity index (χ3n) is 3.70. The Hall–Kier alpha value is -2.23. The van der Waals surface area contributed by atoms with Crippen molar-refractivity contribution >= 4 is 11.7 Å². The van der Waals surface area contributed by atoms with E-state index in [1.54, 1.807) is 12.4 Å². The summed E-state index contributed by atoms with van der Waals surface area (Å²) in [6.45, 7) is 0.927. The first-order chi connectivity index (χ1) is 9.84. The maximum absolute atomic E-state index is 12.3. The van der Waals surface area contributed by atoms with Gasteiger partial charge in [0.2, 0.25) is 5.95 Å². The molecular formula is C16H17N3O. The van der Waals surface area contributed by atoms with Crippen LogP contribution in [0.3, 0.4) is 0 Å². The van der Waals surface area contributed by atoms with E-state index in [9.17, 15) is 4.79 Å². The molecule has 0 amide bonds. The summed E-state index contributed by atoms with van der Waals surface area (Å²) in [5.41, 5.74) is 0.785. The zero-order chi connectivity index (χ0) is 13.8. The second kappa shape index (κ2) is 5.82. The molecule has 2 heterocycles. The van der Waals surface area contributed by atoms with Crippen LogP contribution < -0.4 is 4.90 Å². The molecule has 20 heavy (non-hydrogen) atoms. The average molecular weight is 267 g/mol. The lowest BCUT2D eigenvalue weighted by Crippen LogP contribution is -2.32. The quantitative estimate of drug-likeness (QED) is 0.799. The maximum Gasteiger partial charge on any atom is 0.225 e. The van der Waals surface area contributed by atoms with Crippen molar-refractivity contribution in [3.63, 3.8) is 0 Å². The van der Waals surface area contributed by atoms with E-state index < -0.39 is 0 Å². The Kier molecular flexibility index (Phi) is 3.72. The number of Topliss-reactive ketones (excluding diaryl/α,β-unsaturated/α-hetero) is 1. The van der Waals surface area contributed by atoms with Gasteiger partial charge < -0.3 is 4.90 Å². The molecule has 0 saturated carbocycles. The highest BCUT2D eigenvalue weighted by Crippen LogP contribution is 2.25. The Bertz CT molecular complexity index is 571. The highest BCUT2D eigenvalue weighted by molar-refractivity contribution is 5.96. The number of hydrogen-bond donors (Lipinski definition) is 0. The number of hydrogen-bond acceptors (Lipinski definition) is 4. The highest BCUT2D eigenvalue weighted by atomic mass is 16.1. The third-order valence-corrected chi connectivity index (χ3v) is 3.70. The van der Waals surface area contributed by atoms with Crippen LogP contribution >= 0.6 is 0 Å². The van der Waals surface area contributed by atoms with E-state index in [1.807, 2.05) is 36.4 Å². The van der Waals surface area contributed by atoms with Gasteiger partial charge >= 0.3 is 0 Å². The second-order valence-electron chi connectivity index (χ2n) is 5.03. The molecular weight excluding hydrogens is 250 g/mol. The summed E-state index contributed by atoms with van der Waals surface area (Å²) in [6.07, 6.45) is 6.14. The lowest BCUT2D eigenvalue weighted by atomic mass is 10.0. The minimum atomic E-state index is 0.193. The van der Waals surface area contributed by atoms with Crippen LogP contribution in [0.15, 0.2) is 48.8 Å². The summed E-state index contributed by atoms with van der Waals surface area (Å²) in [5.74, 6) is 0.925. The number of carbonyl (C=O) groups is 1. The van der Waals surface area contributed by atoms with Crippen LogP contribution in [0.25, 0.3) is 0 Å². The van der Waals surface area contributed by atoms with Crippen molar-refractivity contribution in [3.8, 4) is 0 Å². The summed E-state index contributed by atoms with van der Waals surface area (Å²) in [7, 11) is 0. The molecule has 1 aromatic carbocycles. The molecule has 1 aliphatic rings. The topological polar surface area (TPSA) is 46.1 Å². The molecule has 1 unspecified atom stereocenters. The number of anilines is 1. The SMILES string of the molecule is O=C(CC1CCCN1c1ncccn1)c1ccccc1. The summed E-state index contributed by atoms with van der Waals surface area (Å²) in [4.78, 5) is 23.1. The molecule has 0 spiro atoms. The van der Waals surface area contributed by atoms with E-state index in [4.69, 9.17) is 0 Å². The smallest absolute Gasteiger partial charge is 0.225 e. The van der Waals surface area contributed by atoms with Gasteiger partial charge in [-0.3, -0.25) is 4.79 Å². The van der Waals surface area contributed by atoms with Crippen LogP contribution in [0.2, 0.25) is 0 Å². The maximum atomic E-state index is 12.3. The molecule has 4 nitrogen and oxygen atoms in total. The molecule has 0 radical (unpaired) electrons. The first kappa shape index (κ1) is 12.8. The van der Waals surface area contributed by atoms with Gasteiger partial charge in [-0.2, -0.15) is 0 Å². The standard InChI is InChI=1S/C16H17N3O/c20-15(13-6-2-1-3-7-13)12-14-8-4-11-19(14)16-17-9-5-10-18-16/h1-3,5-7,9-10,14H,4,8,11-12H2. The summed E-state index contributed by atoms with van der Waals surface area (Å²) in [6, 6.07) is 11.5. The molecule has 0 N–H and O–H groups in total. The van der Waals surface area contributed by atoms with Crippen molar-refractivity contribution in [2.45, 2.75) is 25.3 Å². The van der Waals surface area contributed by atoms with Gasteiger partial charge in [0, 0.05) is 37.0 Å². The number of carbonyl (C=O) groups excluding carboxylic acids is 1. The first-order valence-corrected chi connectivity index (χ1v) is 6.96. The number of rotatable bonds is 4. The predicted molar refractivity (Wildman–Crippen MR) is 77.8 cm³/mol. The Morgan fingerprint density at radius 1 is 1.15 bits per heavy atom. The van der Waals surface area contributed by atoms with Crippen LogP contribution in [0.4, 0.5) is 5.95 Å². The van der Waals surface area contributed by atoms with Gasteiger partial charge in [-0.15, -0.1) is 0 Å². The molecule has 1 aromatic heterocycles. The summed E-state index contributed by atoms with van der Waals surface area (Å²) < 4.78 is 0. The molecule has 3 rings (SSSR count). The number of ketones is 1. The van der Waals surface area contributed by atoms with Gasteiger partial charge in [-0.25, -0.2) is 9.97 Å². The monoisotopic (exact) mass is 267 g/mol. The van der Waals surface area contributed by atoms with Crippen LogP contribution in [0.5, 0.6) is 0 Å². The van der Waals surface area contributed by atoms with Crippen molar-refractivity contribution < 1.29 is 4.79 Å².